The first-order chi connectivity index (χ1) is 10.3. The molecule has 0 amide bonds. The Labute approximate surface area is 131 Å². The molecule has 0 bridgehead atoms. The monoisotopic (exact) mass is 305 g/mol. The van der Waals surface area contributed by atoms with E-state index in [1.807, 2.05) is 24.3 Å². The van der Waals surface area contributed by atoms with Crippen LogP contribution in [0, 0.1) is 3.82 Å². The van der Waals surface area contributed by atoms with Gasteiger partial charge in [-0.1, -0.05) is 66.8 Å². The molecular formula is C18H11NS2. The molecule has 0 aliphatic rings. The molecule has 21 heavy (non-hydrogen) atoms. The summed E-state index contributed by atoms with van der Waals surface area (Å²) < 4.78 is 0.892. The van der Waals surface area contributed by atoms with Crippen molar-refractivity contribution in [2.45, 2.75) is 0 Å². The zero-order valence-corrected chi connectivity index (χ0v) is 12.7. The minimum atomic E-state index is 0.892. The van der Waals surface area contributed by atoms with Gasteiger partial charge in [-0.15, -0.1) is 11.3 Å². The normalized spacial score (nSPS) is 11.0. The second-order valence-corrected chi connectivity index (χ2v) is 6.55. The molecule has 0 aliphatic heterocycles. The van der Waals surface area contributed by atoms with Crippen LogP contribution in [0.5, 0.6) is 0 Å². The molecule has 100 valence electrons. The average molecular weight is 305 g/mol. The van der Waals surface area contributed by atoms with Gasteiger partial charge in [0.1, 0.15) is 8.83 Å². The van der Waals surface area contributed by atoms with Gasteiger partial charge < -0.3 is 0 Å². The Morgan fingerprint density at radius 1 is 0.810 bits per heavy atom. The van der Waals surface area contributed by atoms with Crippen molar-refractivity contribution in [1.29, 1.82) is 0 Å². The fourth-order valence-corrected chi connectivity index (χ4v) is 3.72. The van der Waals surface area contributed by atoms with Gasteiger partial charge in [0.2, 0.25) is 0 Å². The molecule has 0 N–H and O–H groups in total. The summed E-state index contributed by atoms with van der Waals surface area (Å²) in [7, 11) is 0. The SMILES string of the molecule is S=c1sc(-c2ccc3ccccc3c2)nc2ccccc12. The summed E-state index contributed by atoms with van der Waals surface area (Å²) in [6.07, 6.45) is 0. The first-order valence-corrected chi connectivity index (χ1v) is 7.93. The Morgan fingerprint density at radius 2 is 1.57 bits per heavy atom. The third-order valence-corrected chi connectivity index (χ3v) is 4.93. The quantitative estimate of drug-likeness (QED) is 0.409. The predicted molar refractivity (Wildman–Crippen MR) is 93.4 cm³/mol. The van der Waals surface area contributed by atoms with E-state index in [2.05, 4.69) is 42.5 Å². The second-order valence-electron chi connectivity index (χ2n) is 4.89. The van der Waals surface area contributed by atoms with Crippen LogP contribution in [0.1, 0.15) is 0 Å². The maximum atomic E-state index is 5.52. The van der Waals surface area contributed by atoms with E-state index >= 15 is 0 Å². The molecule has 3 aromatic carbocycles. The van der Waals surface area contributed by atoms with Crippen LogP contribution >= 0.6 is 23.6 Å². The summed E-state index contributed by atoms with van der Waals surface area (Å²) in [5.74, 6) is 0. The van der Waals surface area contributed by atoms with Gasteiger partial charge in [0.15, 0.2) is 0 Å². The van der Waals surface area contributed by atoms with Crippen LogP contribution in [0.3, 0.4) is 0 Å². The number of benzene rings is 3. The number of rotatable bonds is 1. The molecular weight excluding hydrogens is 294 g/mol. The molecule has 0 fully saturated rings. The van der Waals surface area contributed by atoms with E-state index in [1.165, 1.54) is 10.8 Å². The average Bonchev–Trinajstić information content (AvgIpc) is 2.54. The molecule has 0 radical (unpaired) electrons. The number of aromatic nitrogens is 1. The molecule has 0 unspecified atom stereocenters. The van der Waals surface area contributed by atoms with Crippen LogP contribution in [0.4, 0.5) is 0 Å². The van der Waals surface area contributed by atoms with Crippen molar-refractivity contribution in [3.63, 3.8) is 0 Å². The van der Waals surface area contributed by atoms with E-state index in [-0.39, 0.29) is 0 Å². The van der Waals surface area contributed by atoms with Gasteiger partial charge in [-0.05, 0) is 22.9 Å². The Bertz CT molecular complexity index is 1020. The summed E-state index contributed by atoms with van der Waals surface area (Å²) in [5.41, 5.74) is 2.08. The zero-order valence-electron chi connectivity index (χ0n) is 11.1. The topological polar surface area (TPSA) is 12.9 Å². The molecule has 3 heteroatoms. The molecule has 1 heterocycles. The Balaban J connectivity index is 1.97. The highest BCUT2D eigenvalue weighted by atomic mass is 32.1. The van der Waals surface area contributed by atoms with E-state index in [1.54, 1.807) is 11.3 Å². The summed E-state index contributed by atoms with van der Waals surface area (Å²) in [6.45, 7) is 0. The van der Waals surface area contributed by atoms with Crippen LogP contribution in [0.15, 0.2) is 66.7 Å². The van der Waals surface area contributed by atoms with Crippen molar-refractivity contribution in [2.24, 2.45) is 0 Å². The molecule has 4 rings (SSSR count). The number of fused-ring (bicyclic) bond motifs is 2. The number of para-hydroxylation sites is 1. The van der Waals surface area contributed by atoms with Gasteiger partial charge in [0, 0.05) is 10.9 Å². The lowest BCUT2D eigenvalue weighted by atomic mass is 10.1. The summed E-state index contributed by atoms with van der Waals surface area (Å²) in [6, 6.07) is 22.8. The maximum absolute atomic E-state index is 5.52. The minimum Gasteiger partial charge on any atom is -0.237 e. The molecule has 0 atom stereocenters. The molecule has 0 saturated carbocycles. The third-order valence-electron chi connectivity index (χ3n) is 3.53. The Kier molecular flexibility index (Phi) is 3.02. The first kappa shape index (κ1) is 12.6. The minimum absolute atomic E-state index is 0.892. The lowest BCUT2D eigenvalue weighted by Gasteiger charge is -2.04. The summed E-state index contributed by atoms with van der Waals surface area (Å²) >= 11 is 7.09. The molecule has 0 saturated heterocycles. The van der Waals surface area contributed by atoms with E-state index in [4.69, 9.17) is 17.2 Å². The van der Waals surface area contributed by atoms with Crippen molar-refractivity contribution >= 4 is 45.2 Å². The molecule has 0 spiro atoms. The van der Waals surface area contributed by atoms with Crippen molar-refractivity contribution in [1.82, 2.24) is 4.98 Å². The number of nitrogens with zero attached hydrogens (tertiary/aromatic N) is 1. The second kappa shape index (κ2) is 5.02. The van der Waals surface area contributed by atoms with E-state index < -0.39 is 0 Å². The van der Waals surface area contributed by atoms with Gasteiger partial charge in [0.05, 0.1) is 5.52 Å². The smallest absolute Gasteiger partial charge is 0.125 e. The molecule has 0 aliphatic carbocycles. The molecule has 1 nitrogen and oxygen atoms in total. The first-order valence-electron chi connectivity index (χ1n) is 6.70. The highest BCUT2D eigenvalue weighted by Crippen LogP contribution is 2.29. The fraction of sp³-hybridized carbons (Fsp3) is 0. The van der Waals surface area contributed by atoms with Crippen LogP contribution in [-0.4, -0.2) is 4.98 Å². The summed E-state index contributed by atoms with van der Waals surface area (Å²) in [4.78, 5) is 4.76. The maximum Gasteiger partial charge on any atom is 0.125 e. The molecule has 4 aromatic rings. The van der Waals surface area contributed by atoms with Gasteiger partial charge in [-0.3, -0.25) is 0 Å². The van der Waals surface area contributed by atoms with Gasteiger partial charge >= 0.3 is 0 Å². The zero-order chi connectivity index (χ0) is 14.2. The third kappa shape index (κ3) is 2.24. The van der Waals surface area contributed by atoms with Crippen LogP contribution < -0.4 is 0 Å². The lowest BCUT2D eigenvalue weighted by molar-refractivity contribution is 1.46. The van der Waals surface area contributed by atoms with Crippen LogP contribution in [0.25, 0.3) is 32.2 Å². The van der Waals surface area contributed by atoms with Crippen molar-refractivity contribution < 1.29 is 0 Å². The van der Waals surface area contributed by atoms with Crippen LogP contribution in [0.2, 0.25) is 0 Å². The predicted octanol–water partition coefficient (Wildman–Crippen LogP) is 5.85. The van der Waals surface area contributed by atoms with Crippen LogP contribution in [-0.2, 0) is 0 Å². The number of hydrogen-bond acceptors (Lipinski definition) is 3. The van der Waals surface area contributed by atoms with Gasteiger partial charge in [-0.25, -0.2) is 4.98 Å². The Hall–Kier alpha value is -2.10. The Morgan fingerprint density at radius 3 is 2.48 bits per heavy atom. The lowest BCUT2D eigenvalue weighted by Crippen LogP contribution is -1.84. The van der Waals surface area contributed by atoms with E-state index in [9.17, 15) is 0 Å². The van der Waals surface area contributed by atoms with Crippen molar-refractivity contribution in [3.8, 4) is 10.6 Å². The van der Waals surface area contributed by atoms with E-state index in [0.717, 1.165) is 25.3 Å². The fourth-order valence-electron chi connectivity index (χ4n) is 2.46. The van der Waals surface area contributed by atoms with Crippen molar-refractivity contribution in [2.75, 3.05) is 0 Å². The largest absolute Gasteiger partial charge is 0.237 e. The van der Waals surface area contributed by atoms with Crippen molar-refractivity contribution in [3.05, 3.63) is 70.6 Å². The highest BCUT2D eigenvalue weighted by Gasteiger charge is 2.05. The summed E-state index contributed by atoms with van der Waals surface area (Å²) in [5, 5.41) is 4.50. The standard InChI is InChI=1S/C18H11NS2/c20-18-15-7-3-4-8-16(15)19-17(21-18)14-10-9-12-5-1-2-6-13(12)11-14/h1-11H. The van der Waals surface area contributed by atoms with Gasteiger partial charge in [0.25, 0.3) is 0 Å². The number of hydrogen-bond donors (Lipinski definition) is 0. The van der Waals surface area contributed by atoms with Gasteiger partial charge in [-0.2, -0.15) is 0 Å². The van der Waals surface area contributed by atoms with E-state index in [0.29, 0.717) is 0 Å². The molecule has 1 aromatic heterocycles. The highest BCUT2D eigenvalue weighted by molar-refractivity contribution is 7.74.